The molecule has 2 saturated heterocycles. The van der Waals surface area contributed by atoms with Crippen LogP contribution in [0.3, 0.4) is 0 Å². The molecular weight excluding hydrogens is 616 g/mol. The van der Waals surface area contributed by atoms with Gasteiger partial charge in [-0.15, -0.1) is 0 Å². The second-order valence-electron chi connectivity index (χ2n) is 14.6. The number of piperazine rings is 2. The lowest BCUT2D eigenvalue weighted by atomic mass is 10.1. The first-order chi connectivity index (χ1) is 23.3. The van der Waals surface area contributed by atoms with Crippen molar-refractivity contribution in [3.8, 4) is 0 Å². The highest BCUT2D eigenvalue weighted by molar-refractivity contribution is 5.83. The van der Waals surface area contributed by atoms with Crippen LogP contribution in [0.4, 0.5) is 4.79 Å². The molecule has 0 spiro atoms. The van der Waals surface area contributed by atoms with Crippen LogP contribution in [-0.2, 0) is 17.8 Å². The van der Waals surface area contributed by atoms with Gasteiger partial charge in [0.1, 0.15) is 5.60 Å². The van der Waals surface area contributed by atoms with Gasteiger partial charge in [0.25, 0.3) is 11.1 Å². The molecule has 0 aliphatic carbocycles. The zero-order chi connectivity index (χ0) is 35.3. The fourth-order valence-corrected chi connectivity index (χ4v) is 6.68. The number of hydrogen-bond donors (Lipinski definition) is 1. The standard InChI is InChI=1S/C22H31N3O3.C17H23N3O/c1-16-6-7-18-17(2)15-20(26)25(19(18)14-16)13-10-23-8-11-24(12-9-23)21(27)28-22(3,4)5;1-13-3-4-15-14(2)12-17(21)20(16(15)11-13)10-9-19-7-5-18-6-8-19/h6-7,14-15H,8-13H2,1-5H3;3-4,11-12,18H,5-10H2,1-2H3. The monoisotopic (exact) mass is 670 g/mol. The van der Waals surface area contributed by atoms with Gasteiger partial charge in [0.05, 0.1) is 11.0 Å². The van der Waals surface area contributed by atoms with Gasteiger partial charge in [-0.2, -0.15) is 0 Å². The molecular formula is C39H54N6O4. The van der Waals surface area contributed by atoms with Crippen LogP contribution < -0.4 is 16.4 Å². The van der Waals surface area contributed by atoms with Crippen molar-refractivity contribution < 1.29 is 9.53 Å². The molecule has 4 aromatic rings. The molecule has 2 aliphatic heterocycles. The van der Waals surface area contributed by atoms with Gasteiger partial charge in [-0.3, -0.25) is 19.4 Å². The Morgan fingerprint density at radius 1 is 0.653 bits per heavy atom. The molecule has 0 bridgehead atoms. The van der Waals surface area contributed by atoms with Crippen molar-refractivity contribution >= 4 is 27.9 Å². The molecule has 1 amide bonds. The van der Waals surface area contributed by atoms with Crippen molar-refractivity contribution in [2.24, 2.45) is 0 Å². The Hall–Kier alpha value is -3.99. The van der Waals surface area contributed by atoms with E-state index in [9.17, 15) is 14.4 Å². The lowest BCUT2D eigenvalue weighted by Gasteiger charge is -2.35. The Bertz CT molecular complexity index is 1890. The van der Waals surface area contributed by atoms with Crippen LogP contribution in [0, 0.1) is 27.7 Å². The van der Waals surface area contributed by atoms with Crippen LogP contribution in [0.5, 0.6) is 0 Å². The Morgan fingerprint density at radius 3 is 1.55 bits per heavy atom. The highest BCUT2D eigenvalue weighted by Gasteiger charge is 2.26. The molecule has 0 unspecified atom stereocenters. The molecule has 1 N–H and O–H groups in total. The molecule has 0 saturated carbocycles. The van der Waals surface area contributed by atoms with E-state index >= 15 is 0 Å². The maximum Gasteiger partial charge on any atom is 0.410 e. The summed E-state index contributed by atoms with van der Waals surface area (Å²) in [5, 5.41) is 5.66. The van der Waals surface area contributed by atoms with Gasteiger partial charge in [0, 0.05) is 101 Å². The Balaban J connectivity index is 0.000000199. The molecule has 10 nitrogen and oxygen atoms in total. The smallest absolute Gasteiger partial charge is 0.410 e. The van der Waals surface area contributed by atoms with Gasteiger partial charge < -0.3 is 24.1 Å². The number of pyridine rings is 2. The van der Waals surface area contributed by atoms with Crippen LogP contribution in [0.1, 0.15) is 43.0 Å². The zero-order valence-electron chi connectivity index (χ0n) is 30.5. The quantitative estimate of drug-likeness (QED) is 0.318. The first-order valence-electron chi connectivity index (χ1n) is 17.6. The highest BCUT2D eigenvalue weighted by atomic mass is 16.6. The fraction of sp³-hybridized carbons (Fsp3) is 0.513. The van der Waals surface area contributed by atoms with Crippen LogP contribution in [0.15, 0.2) is 58.1 Å². The molecule has 2 aromatic heterocycles. The van der Waals surface area contributed by atoms with E-state index in [-0.39, 0.29) is 17.2 Å². The van der Waals surface area contributed by atoms with E-state index < -0.39 is 5.60 Å². The van der Waals surface area contributed by atoms with Gasteiger partial charge in [-0.1, -0.05) is 24.3 Å². The number of carbonyl (C=O) groups excluding carboxylic acids is 1. The lowest BCUT2D eigenvalue weighted by Crippen LogP contribution is -2.50. The fourth-order valence-electron chi connectivity index (χ4n) is 6.68. The van der Waals surface area contributed by atoms with Gasteiger partial charge in [0.2, 0.25) is 0 Å². The number of hydrogen-bond acceptors (Lipinski definition) is 7. The minimum absolute atomic E-state index is 0.0444. The Labute approximate surface area is 290 Å². The number of nitrogens with zero attached hydrogens (tertiary/aromatic N) is 5. The molecule has 10 heteroatoms. The van der Waals surface area contributed by atoms with Crippen LogP contribution in [0.2, 0.25) is 0 Å². The molecule has 2 fully saturated rings. The number of aryl methyl sites for hydroxylation is 4. The predicted molar refractivity (Wildman–Crippen MR) is 199 cm³/mol. The van der Waals surface area contributed by atoms with Crippen molar-refractivity contribution in [2.45, 2.75) is 67.2 Å². The summed E-state index contributed by atoms with van der Waals surface area (Å²) < 4.78 is 9.25. The van der Waals surface area contributed by atoms with Gasteiger partial charge in [-0.05, 0) is 82.9 Å². The van der Waals surface area contributed by atoms with Gasteiger partial charge in [0.15, 0.2) is 0 Å². The van der Waals surface area contributed by atoms with Crippen molar-refractivity contribution in [2.75, 3.05) is 65.4 Å². The minimum Gasteiger partial charge on any atom is -0.444 e. The summed E-state index contributed by atoms with van der Waals surface area (Å²) >= 11 is 0. The summed E-state index contributed by atoms with van der Waals surface area (Å²) in [4.78, 5) is 43.6. The minimum atomic E-state index is -0.472. The van der Waals surface area contributed by atoms with E-state index in [0.29, 0.717) is 19.6 Å². The maximum absolute atomic E-state index is 12.6. The number of fused-ring (bicyclic) bond motifs is 2. The third-order valence-electron chi connectivity index (χ3n) is 9.46. The first-order valence-corrected chi connectivity index (χ1v) is 17.6. The average molecular weight is 671 g/mol. The second kappa shape index (κ2) is 15.7. The van der Waals surface area contributed by atoms with Crippen molar-refractivity contribution in [3.63, 3.8) is 0 Å². The third kappa shape index (κ3) is 9.38. The summed E-state index contributed by atoms with van der Waals surface area (Å²) in [6.07, 6.45) is -0.247. The summed E-state index contributed by atoms with van der Waals surface area (Å²) in [5.41, 5.74) is 6.17. The van der Waals surface area contributed by atoms with Gasteiger partial charge >= 0.3 is 6.09 Å². The molecule has 0 radical (unpaired) electrons. The van der Waals surface area contributed by atoms with Crippen molar-refractivity contribution in [1.82, 2.24) is 29.2 Å². The first kappa shape index (κ1) is 36.3. The van der Waals surface area contributed by atoms with Gasteiger partial charge in [-0.25, -0.2) is 4.79 Å². The van der Waals surface area contributed by atoms with E-state index in [0.717, 1.165) is 92.0 Å². The number of ether oxygens (including phenoxy) is 1. The number of benzene rings is 2. The lowest BCUT2D eigenvalue weighted by molar-refractivity contribution is 0.0143. The molecule has 4 heterocycles. The van der Waals surface area contributed by atoms with Crippen LogP contribution in [0.25, 0.3) is 21.8 Å². The van der Waals surface area contributed by atoms with E-state index in [1.54, 1.807) is 17.0 Å². The predicted octanol–water partition coefficient (Wildman–Crippen LogP) is 4.69. The number of carbonyl (C=O) groups is 1. The molecule has 2 aliphatic rings. The van der Waals surface area contributed by atoms with Crippen LogP contribution in [-0.4, -0.2) is 101 Å². The number of amides is 1. The van der Waals surface area contributed by atoms with Crippen LogP contribution >= 0.6 is 0 Å². The topological polar surface area (TPSA) is 92.0 Å². The summed E-state index contributed by atoms with van der Waals surface area (Å²) in [5.74, 6) is 0. The highest BCUT2D eigenvalue weighted by Crippen LogP contribution is 2.20. The Morgan fingerprint density at radius 2 is 1.10 bits per heavy atom. The normalized spacial score (nSPS) is 16.1. The average Bonchev–Trinajstić information content (AvgIpc) is 3.04. The van der Waals surface area contributed by atoms with E-state index in [1.165, 1.54) is 10.9 Å². The van der Waals surface area contributed by atoms with Crippen molar-refractivity contribution in [1.29, 1.82) is 0 Å². The maximum atomic E-state index is 12.6. The number of rotatable bonds is 6. The summed E-state index contributed by atoms with van der Waals surface area (Å²) in [7, 11) is 0. The molecule has 2 aromatic carbocycles. The summed E-state index contributed by atoms with van der Waals surface area (Å²) in [6.45, 7) is 24.0. The second-order valence-corrected chi connectivity index (χ2v) is 14.6. The van der Waals surface area contributed by atoms with Crippen molar-refractivity contribution in [3.05, 3.63) is 91.5 Å². The van der Waals surface area contributed by atoms with E-state index in [1.807, 2.05) is 50.7 Å². The largest absolute Gasteiger partial charge is 0.444 e. The van der Waals surface area contributed by atoms with E-state index in [2.05, 4.69) is 58.4 Å². The Kier molecular flexibility index (Phi) is 11.6. The molecule has 0 atom stereocenters. The SMILES string of the molecule is Cc1ccc2c(C)cc(=O)n(CCN3CCN(C(=O)OC(C)(C)C)CC3)c2c1.Cc1ccc2c(C)cc(=O)n(CCN3CCNCC3)c2c1. The van der Waals surface area contributed by atoms with E-state index in [4.69, 9.17) is 4.74 Å². The number of nitrogens with one attached hydrogen (secondary N) is 1. The zero-order valence-corrected chi connectivity index (χ0v) is 30.5. The third-order valence-corrected chi connectivity index (χ3v) is 9.46. The number of aromatic nitrogens is 2. The summed E-state index contributed by atoms with van der Waals surface area (Å²) in [6, 6.07) is 16.1. The molecule has 6 rings (SSSR count). The molecule has 49 heavy (non-hydrogen) atoms. The molecule has 264 valence electrons.